The lowest BCUT2D eigenvalue weighted by Crippen LogP contribution is -2.24. The predicted molar refractivity (Wildman–Crippen MR) is 504 cm³/mol. The molecule has 0 fully saturated rings. The first-order valence-electron chi connectivity index (χ1n) is 38.8. The molecule has 19 N–H and O–H groups in total. The van der Waals surface area contributed by atoms with Crippen LogP contribution in [-0.2, 0) is 47.9 Å². The lowest BCUT2D eigenvalue weighted by Gasteiger charge is -2.22. The molecule has 0 amide bonds. The predicted octanol–water partition coefficient (Wildman–Crippen LogP) is 16.1. The van der Waals surface area contributed by atoms with E-state index in [0.717, 1.165) is 79.1 Å². The van der Waals surface area contributed by atoms with Crippen LogP contribution >= 0.6 is 23.2 Å². The van der Waals surface area contributed by atoms with Gasteiger partial charge in [-0.15, -0.1) is 0 Å². The number of carboxylic acid groups (broad SMARTS) is 10. The molecule has 11 aromatic rings. The molecular weight excluding hydrogens is 1730 g/mol. The Bertz CT molecular complexity index is 5140. The second-order valence-electron chi connectivity index (χ2n) is 26.8. The zero-order valence-corrected chi connectivity index (χ0v) is 73.4. The first-order chi connectivity index (χ1) is 61.7. The van der Waals surface area contributed by atoms with Crippen molar-refractivity contribution >= 4 is 151 Å². The molecule has 0 heterocycles. The van der Waals surface area contributed by atoms with Gasteiger partial charge < -0.3 is 113 Å². The second kappa shape index (κ2) is 62.7. The van der Waals surface area contributed by atoms with Crippen LogP contribution in [0.2, 0.25) is 10.0 Å². The van der Waals surface area contributed by atoms with Crippen LogP contribution in [0.5, 0.6) is 11.5 Å². The average molecular weight is 1830 g/mol. The molecule has 11 rings (SSSR count). The number of nitro benzene ring substituents is 1. The molecule has 0 aromatic heterocycles. The number of aromatic hydroxyl groups is 1. The normalized spacial score (nSPS) is 9.52. The number of phenols is 1. The number of nitrogens with zero attached hydrogens (tertiary/aromatic N) is 3. The highest BCUT2D eigenvalue weighted by molar-refractivity contribution is 6.42. The molecule has 0 spiro atoms. The van der Waals surface area contributed by atoms with E-state index in [1.807, 2.05) is 217 Å². The topological polar surface area (TPSA) is 548 Å². The Balaban J connectivity index is 0.000000490. The van der Waals surface area contributed by atoms with Crippen molar-refractivity contribution in [3.8, 4) is 11.5 Å². The number of halogens is 2. The molecule has 0 atom stereocenters. The van der Waals surface area contributed by atoms with Crippen molar-refractivity contribution in [3.05, 3.63) is 321 Å². The van der Waals surface area contributed by atoms with Crippen molar-refractivity contribution < 1.29 is 114 Å². The number of anilines is 11. The number of methoxy groups -OCH3 is 1. The summed E-state index contributed by atoms with van der Waals surface area (Å²) in [6.07, 6.45) is 0. The van der Waals surface area contributed by atoms with Crippen molar-refractivity contribution in [1.29, 1.82) is 0 Å². The summed E-state index contributed by atoms with van der Waals surface area (Å²) in [6, 6.07) is 80.7. The number of carboxylic acids is 10. The quantitative estimate of drug-likeness (QED) is 0.0103. The molecule has 0 aliphatic carbocycles. The summed E-state index contributed by atoms with van der Waals surface area (Å²) in [5, 5.41) is 126. The Kier molecular flexibility index (Phi) is 53.0. The second-order valence-corrected chi connectivity index (χ2v) is 27.6. The molecule has 0 unspecified atom stereocenters. The van der Waals surface area contributed by atoms with E-state index in [1.165, 1.54) is 36.4 Å². The molecule has 37 heteroatoms. The number of hydrogen-bond acceptors (Lipinski definition) is 24. The maximum Gasteiger partial charge on any atom is 0.323 e. The number of nitrogens with one attached hydrogen (secondary N) is 8. The summed E-state index contributed by atoms with van der Waals surface area (Å²) >= 11 is 11.4. The van der Waals surface area contributed by atoms with Gasteiger partial charge in [-0.2, -0.15) is 0 Å². The van der Waals surface area contributed by atoms with E-state index >= 15 is 0 Å². The Labute approximate surface area is 760 Å². The van der Waals surface area contributed by atoms with E-state index in [4.69, 9.17) is 84.1 Å². The Morgan fingerprint density at radius 2 is 0.631 bits per heavy atom. The van der Waals surface area contributed by atoms with Gasteiger partial charge in [-0.1, -0.05) is 138 Å². The number of non-ortho nitro benzene ring substituents is 1. The van der Waals surface area contributed by atoms with Crippen LogP contribution in [0.1, 0.15) is 27.8 Å². The lowest BCUT2D eigenvalue weighted by molar-refractivity contribution is -0.384. The van der Waals surface area contributed by atoms with Crippen LogP contribution in [0.25, 0.3) is 0 Å². The number of hydrogen-bond donors (Lipinski definition) is 19. The van der Waals surface area contributed by atoms with Gasteiger partial charge in [0.1, 0.15) is 76.9 Å². The number of rotatable bonds is 33. The first-order valence-corrected chi connectivity index (χ1v) is 39.6. The van der Waals surface area contributed by atoms with E-state index in [-0.39, 0.29) is 76.9 Å². The Morgan fingerprint density at radius 3 is 0.977 bits per heavy atom. The van der Waals surface area contributed by atoms with E-state index in [0.29, 0.717) is 27.1 Å². The van der Waals surface area contributed by atoms with Crippen LogP contribution in [-0.4, -0.2) is 200 Å². The Hall–Kier alpha value is -16.3. The number of benzene rings is 11. The minimum absolute atomic E-state index is 0.0223. The van der Waals surface area contributed by atoms with Crippen molar-refractivity contribution in [2.45, 2.75) is 34.6 Å². The van der Waals surface area contributed by atoms with Crippen molar-refractivity contribution in [1.82, 2.24) is 0 Å². The summed E-state index contributed by atoms with van der Waals surface area (Å²) < 4.78 is 4.95. The summed E-state index contributed by atoms with van der Waals surface area (Å²) in [7, 11) is 3.34. The van der Waals surface area contributed by atoms with Crippen molar-refractivity contribution in [2.75, 3.05) is 132 Å². The van der Waals surface area contributed by atoms with Gasteiger partial charge >= 0.3 is 59.7 Å². The monoisotopic (exact) mass is 1830 g/mol. The molecule has 0 saturated heterocycles. The van der Waals surface area contributed by atoms with Gasteiger partial charge in [0.25, 0.3) is 5.69 Å². The largest absolute Gasteiger partial charge is 0.508 e. The molecule has 690 valence electrons. The lowest BCUT2D eigenvalue weighted by atomic mass is 10.1. The molecule has 11 aromatic carbocycles. The van der Waals surface area contributed by atoms with Gasteiger partial charge in [0.2, 0.25) is 0 Å². The van der Waals surface area contributed by atoms with Crippen LogP contribution in [0.4, 0.5) is 68.2 Å². The standard InChI is InChI=1S/C14H13NO2.2C10H13NO2.C9H11NO3.2C9H11NO2.C8H7Cl2NO2.C8H8N2O4.C8H9NO3.C8H9NO2/c16-14(17)11-15(12-7-3-1-4-8-12)13-9-5-2-6-10-13;1-7-3-8(2)5-9(4-7)11-6-10(12)13;1-7-4-3-5-8(2)10(7)11-6-9(12)13;1-13-8-4-2-7(3-5-8)10-6-9(11)12;1-7-2-4-8(5-3-7)10-6-9(11)12;1-10(7-9(11)12)8-5-3-2-4-6-8;9-6-2-1-5(3-7(6)10)11-4-8(12)13;11-8(12)5-9-6-1-3-7(4-2-6)10(13)14;10-7-3-1-6(2-4-7)9-5-8(11)12;10-8(11)6-9-7-4-2-1-3-5-7/h1-10H,11H2,(H,16,17);2*3-5,11H,6H2,1-2H3,(H,12,13);2-5,10H,6H2,1H3,(H,11,12);2-5,10H,6H2,1H3,(H,11,12);2-6H,7H2,1H3,(H,11,12);1-3,11H,4H2,(H,12,13);1-4,9H,5H2,(H,11,12);1-4,9-10H,5H2,(H,11,12);1-5,9H,6H2,(H,10,11). The maximum absolute atomic E-state index is 10.9. The third kappa shape index (κ3) is 53.0. The fraction of sp³-hybridized carbons (Fsp3) is 0.183. The third-order valence-electron chi connectivity index (χ3n) is 16.0. The number of nitro groups is 1. The first kappa shape index (κ1) is 110. The molecule has 0 aliphatic rings. The molecule has 0 radical (unpaired) electrons. The Morgan fingerprint density at radius 1 is 0.323 bits per heavy atom. The molecule has 0 aliphatic heterocycles. The highest BCUT2D eigenvalue weighted by Gasteiger charge is 2.13. The number of para-hydroxylation sites is 5. The number of aryl methyl sites for hydroxylation is 5. The molecular formula is C93H105Cl2N11O24. The summed E-state index contributed by atoms with van der Waals surface area (Å²) in [5.74, 6) is -7.85. The van der Waals surface area contributed by atoms with Crippen LogP contribution < -0.4 is 57.1 Å². The fourth-order valence-corrected chi connectivity index (χ4v) is 10.4. The zero-order chi connectivity index (χ0) is 96.9. The summed E-state index contributed by atoms with van der Waals surface area (Å²) in [4.78, 5) is 116. The molecule has 0 bridgehead atoms. The van der Waals surface area contributed by atoms with E-state index < -0.39 is 64.6 Å². The van der Waals surface area contributed by atoms with E-state index in [1.54, 1.807) is 78.6 Å². The number of aliphatic carboxylic acids is 10. The number of phenolic OH excluding ortho intramolecular Hbond substituents is 1. The van der Waals surface area contributed by atoms with Crippen LogP contribution in [0, 0.1) is 44.7 Å². The smallest absolute Gasteiger partial charge is 0.323 e. The SMILES string of the molecule is CN(CC(=O)O)c1ccccc1.COc1ccc(NCC(=O)O)cc1.Cc1cc(C)cc(NCC(=O)O)c1.Cc1ccc(NCC(=O)O)cc1.Cc1cccc(C)c1NCC(=O)O.O=C(O)CN(c1ccccc1)c1ccccc1.O=C(O)CNc1ccc(Cl)c(Cl)c1.O=C(O)CNc1ccc(O)cc1.O=C(O)CNc1ccc([N+](=O)[O-])cc1.O=C(O)CNc1ccccc1. The zero-order valence-electron chi connectivity index (χ0n) is 71.9. The number of ether oxygens (including phenoxy) is 1. The fourth-order valence-electron chi connectivity index (χ4n) is 10.1. The van der Waals surface area contributed by atoms with Gasteiger partial charge in [-0.05, 0) is 209 Å². The maximum atomic E-state index is 10.9. The number of likely N-dealkylation sites (N-methyl/N-ethyl adjacent to an activating group) is 1. The van der Waals surface area contributed by atoms with Gasteiger partial charge in [0.15, 0.2) is 0 Å². The van der Waals surface area contributed by atoms with E-state index in [2.05, 4.69) is 42.5 Å². The van der Waals surface area contributed by atoms with Crippen LogP contribution in [0.15, 0.2) is 273 Å². The third-order valence-corrected chi connectivity index (χ3v) is 16.7. The molecule has 35 nitrogen and oxygen atoms in total. The van der Waals surface area contributed by atoms with Crippen molar-refractivity contribution in [3.63, 3.8) is 0 Å². The van der Waals surface area contributed by atoms with Gasteiger partial charge in [0, 0.05) is 81.7 Å². The highest BCUT2D eigenvalue weighted by Crippen LogP contribution is 2.27. The van der Waals surface area contributed by atoms with Gasteiger partial charge in [-0.25, -0.2) is 0 Å². The summed E-state index contributed by atoms with van der Waals surface area (Å²) in [5.41, 5.74) is 14.3. The summed E-state index contributed by atoms with van der Waals surface area (Å²) in [6.45, 7) is 9.15. The molecule has 0 saturated carbocycles. The van der Waals surface area contributed by atoms with Gasteiger partial charge in [-0.3, -0.25) is 58.1 Å². The minimum Gasteiger partial charge on any atom is -0.508 e. The van der Waals surface area contributed by atoms with Crippen molar-refractivity contribution in [2.24, 2.45) is 0 Å². The average Bonchev–Trinajstić information content (AvgIpc) is 0.844. The van der Waals surface area contributed by atoms with Gasteiger partial charge in [0.05, 0.1) is 22.1 Å². The van der Waals surface area contributed by atoms with E-state index in [9.17, 15) is 58.1 Å². The number of carbonyl (C=O) groups is 10. The van der Waals surface area contributed by atoms with Crippen LogP contribution in [0.3, 0.4) is 0 Å². The molecule has 130 heavy (non-hydrogen) atoms. The highest BCUT2D eigenvalue weighted by atomic mass is 35.5. The minimum atomic E-state index is -0.983.